The van der Waals surface area contributed by atoms with E-state index in [9.17, 15) is 9.59 Å². The zero-order valence-electron chi connectivity index (χ0n) is 17.2. The van der Waals surface area contributed by atoms with E-state index in [0.29, 0.717) is 0 Å². The zero-order chi connectivity index (χ0) is 22.0. The summed E-state index contributed by atoms with van der Waals surface area (Å²) in [6.45, 7) is 2.72. The summed E-state index contributed by atoms with van der Waals surface area (Å²) >= 11 is 3.55. The van der Waals surface area contributed by atoms with Gasteiger partial charge in [0.05, 0.1) is 0 Å². The molecule has 0 saturated heterocycles. The first kappa shape index (κ1) is 21.1. The minimum atomic E-state index is -0.824. The van der Waals surface area contributed by atoms with Crippen LogP contribution in [-0.2, 0) is 19.1 Å². The number of benzene rings is 4. The van der Waals surface area contributed by atoms with Crippen LogP contribution >= 0.6 is 15.9 Å². The second kappa shape index (κ2) is 8.90. The molecule has 4 nitrogen and oxygen atoms in total. The first-order valence-electron chi connectivity index (χ1n) is 9.95. The van der Waals surface area contributed by atoms with Crippen molar-refractivity contribution in [3.05, 3.63) is 94.5 Å². The van der Waals surface area contributed by atoms with Crippen molar-refractivity contribution in [2.24, 2.45) is 0 Å². The lowest BCUT2D eigenvalue weighted by molar-refractivity contribution is -0.166. The van der Waals surface area contributed by atoms with Crippen LogP contribution in [0.25, 0.3) is 21.5 Å². The Hall–Kier alpha value is -3.18. The number of rotatable bonds is 5. The number of fused-ring (bicyclic) bond motifs is 3. The number of hydrogen-bond acceptors (Lipinski definition) is 4. The zero-order valence-corrected chi connectivity index (χ0v) is 18.8. The van der Waals surface area contributed by atoms with Crippen LogP contribution in [0.4, 0.5) is 0 Å². The third-order valence-corrected chi connectivity index (χ3v) is 5.90. The van der Waals surface area contributed by atoms with Crippen molar-refractivity contribution in [2.45, 2.75) is 26.1 Å². The van der Waals surface area contributed by atoms with Gasteiger partial charge in [0.25, 0.3) is 0 Å². The summed E-state index contributed by atoms with van der Waals surface area (Å²) in [7, 11) is 0. The normalized spacial score (nSPS) is 13.0. The van der Waals surface area contributed by atoms with Gasteiger partial charge >= 0.3 is 11.9 Å². The predicted molar refractivity (Wildman–Crippen MR) is 125 cm³/mol. The molecule has 4 rings (SSSR count). The molecule has 0 N–H and O–H groups in total. The Morgan fingerprint density at radius 3 is 1.84 bits per heavy atom. The van der Waals surface area contributed by atoms with E-state index >= 15 is 0 Å². The van der Waals surface area contributed by atoms with Gasteiger partial charge in [0.1, 0.15) is 0 Å². The Bertz CT molecular complexity index is 1280. The van der Waals surface area contributed by atoms with Crippen LogP contribution in [-0.4, -0.2) is 11.9 Å². The van der Waals surface area contributed by atoms with Crippen LogP contribution in [0.15, 0.2) is 83.3 Å². The largest absolute Gasteiger partial charge is 0.453 e. The molecule has 0 aromatic heterocycles. The Labute approximate surface area is 188 Å². The van der Waals surface area contributed by atoms with E-state index in [1.165, 1.54) is 13.8 Å². The smallest absolute Gasteiger partial charge is 0.303 e. The van der Waals surface area contributed by atoms with Gasteiger partial charge in [-0.1, -0.05) is 82.7 Å². The van der Waals surface area contributed by atoms with Crippen molar-refractivity contribution in [1.82, 2.24) is 0 Å². The molecule has 4 aromatic rings. The molecule has 5 heteroatoms. The number of esters is 2. The van der Waals surface area contributed by atoms with Crippen molar-refractivity contribution >= 4 is 49.4 Å². The second-order valence-electron chi connectivity index (χ2n) is 7.31. The van der Waals surface area contributed by atoms with Crippen LogP contribution in [0.3, 0.4) is 0 Å². The molecule has 0 bridgehead atoms. The minimum Gasteiger partial charge on any atom is -0.453 e. The van der Waals surface area contributed by atoms with E-state index < -0.39 is 24.1 Å². The topological polar surface area (TPSA) is 52.6 Å². The summed E-state index contributed by atoms with van der Waals surface area (Å²) in [6.07, 6.45) is -1.64. The van der Waals surface area contributed by atoms with E-state index in [1.54, 1.807) is 0 Å². The Balaban J connectivity index is 2.01. The highest BCUT2D eigenvalue weighted by molar-refractivity contribution is 9.10. The van der Waals surface area contributed by atoms with Gasteiger partial charge in [0.2, 0.25) is 0 Å². The summed E-state index contributed by atoms with van der Waals surface area (Å²) in [6, 6.07) is 25.5. The highest BCUT2D eigenvalue weighted by Gasteiger charge is 2.33. The second-order valence-corrected chi connectivity index (χ2v) is 8.17. The van der Waals surface area contributed by atoms with Crippen LogP contribution in [0.5, 0.6) is 0 Å². The van der Waals surface area contributed by atoms with Gasteiger partial charge in [0.15, 0.2) is 12.2 Å². The van der Waals surface area contributed by atoms with Gasteiger partial charge < -0.3 is 9.47 Å². The van der Waals surface area contributed by atoms with Crippen LogP contribution in [0.2, 0.25) is 0 Å². The number of carbonyl (C=O) groups is 2. The first-order valence-corrected chi connectivity index (χ1v) is 10.7. The predicted octanol–water partition coefficient (Wildman–Crippen LogP) is 6.66. The molecule has 0 aliphatic carbocycles. The fourth-order valence-corrected chi connectivity index (χ4v) is 4.47. The molecule has 0 spiro atoms. The molecule has 0 heterocycles. The Morgan fingerprint density at radius 2 is 1.19 bits per heavy atom. The molecule has 0 unspecified atom stereocenters. The molecule has 31 heavy (non-hydrogen) atoms. The van der Waals surface area contributed by atoms with Crippen LogP contribution in [0, 0.1) is 0 Å². The molecule has 0 fully saturated rings. The van der Waals surface area contributed by atoms with E-state index in [0.717, 1.165) is 37.1 Å². The minimum absolute atomic E-state index is 0.452. The highest BCUT2D eigenvalue weighted by Crippen LogP contribution is 2.42. The lowest BCUT2D eigenvalue weighted by Gasteiger charge is -2.29. The molecule has 4 aromatic carbocycles. The molecule has 2 atom stereocenters. The number of carbonyl (C=O) groups excluding carboxylic acids is 2. The van der Waals surface area contributed by atoms with E-state index in [2.05, 4.69) is 22.0 Å². The van der Waals surface area contributed by atoms with Gasteiger partial charge in [-0.25, -0.2) is 0 Å². The van der Waals surface area contributed by atoms with Gasteiger partial charge in [-0.15, -0.1) is 0 Å². The molecule has 0 radical (unpaired) electrons. The van der Waals surface area contributed by atoms with Gasteiger partial charge in [-0.3, -0.25) is 9.59 Å². The lowest BCUT2D eigenvalue weighted by atomic mass is 9.90. The maximum absolute atomic E-state index is 12.2. The van der Waals surface area contributed by atoms with Crippen molar-refractivity contribution in [3.63, 3.8) is 0 Å². The van der Waals surface area contributed by atoms with Gasteiger partial charge in [0, 0.05) is 29.4 Å². The molecular weight excluding hydrogens is 456 g/mol. The molecule has 0 aliphatic rings. The Morgan fingerprint density at radius 1 is 0.677 bits per heavy atom. The first-order chi connectivity index (χ1) is 15.0. The quantitative estimate of drug-likeness (QED) is 0.238. The maximum atomic E-state index is 12.2. The number of halogens is 1. The molecular formula is C26H21BrO4. The van der Waals surface area contributed by atoms with Gasteiger partial charge in [-0.05, 0) is 33.7 Å². The summed E-state index contributed by atoms with van der Waals surface area (Å²) in [5.41, 5.74) is 1.51. The summed E-state index contributed by atoms with van der Waals surface area (Å²) < 4.78 is 12.3. The molecule has 0 aliphatic heterocycles. The SMILES string of the molecule is CC(=O)O[C@@H](c1ccccc1Br)[C@@H](OC(C)=O)c1cc2ccccc2c2ccccc12. The molecule has 0 amide bonds. The van der Waals surface area contributed by atoms with E-state index in [1.807, 2.05) is 72.8 Å². The van der Waals surface area contributed by atoms with Crippen molar-refractivity contribution in [1.29, 1.82) is 0 Å². The van der Waals surface area contributed by atoms with Crippen molar-refractivity contribution < 1.29 is 19.1 Å². The highest BCUT2D eigenvalue weighted by atomic mass is 79.9. The van der Waals surface area contributed by atoms with Crippen molar-refractivity contribution in [3.8, 4) is 0 Å². The average Bonchev–Trinajstić information content (AvgIpc) is 2.76. The molecule has 0 saturated carbocycles. The molecule has 156 valence electrons. The number of ether oxygens (including phenoxy) is 2. The van der Waals surface area contributed by atoms with Crippen LogP contribution in [0.1, 0.15) is 37.2 Å². The fraction of sp³-hybridized carbons (Fsp3) is 0.154. The summed E-state index contributed by atoms with van der Waals surface area (Å²) in [5.74, 6) is -0.908. The van der Waals surface area contributed by atoms with E-state index in [4.69, 9.17) is 9.47 Å². The average molecular weight is 477 g/mol. The Kier molecular flexibility index (Phi) is 6.05. The monoisotopic (exact) mass is 476 g/mol. The number of hydrogen-bond donors (Lipinski definition) is 0. The van der Waals surface area contributed by atoms with Crippen molar-refractivity contribution in [2.75, 3.05) is 0 Å². The lowest BCUT2D eigenvalue weighted by Crippen LogP contribution is -2.22. The summed E-state index contributed by atoms with van der Waals surface area (Å²) in [4.78, 5) is 24.2. The van der Waals surface area contributed by atoms with Crippen LogP contribution < -0.4 is 0 Å². The fourth-order valence-electron chi connectivity index (χ4n) is 3.96. The third-order valence-electron chi connectivity index (χ3n) is 5.18. The van der Waals surface area contributed by atoms with E-state index in [-0.39, 0.29) is 0 Å². The maximum Gasteiger partial charge on any atom is 0.303 e. The summed E-state index contributed by atoms with van der Waals surface area (Å²) in [5, 5.41) is 4.11. The standard InChI is InChI=1S/C26H21BrO4/c1-16(28)30-25(22-13-7-8-14-24(22)27)26(31-17(2)29)23-15-18-9-3-4-10-19(18)20-11-5-6-12-21(20)23/h3-15,25-26H,1-2H3/t25-,26-/m0/s1. The third kappa shape index (κ3) is 4.32. The van der Waals surface area contributed by atoms with Gasteiger partial charge in [-0.2, -0.15) is 0 Å².